The number of nitrogens with one attached hydrogen (secondary N) is 2. The summed E-state index contributed by atoms with van der Waals surface area (Å²) >= 11 is 1.16. The molecule has 47 heavy (non-hydrogen) atoms. The van der Waals surface area contributed by atoms with Crippen molar-refractivity contribution in [2.45, 2.75) is 13.1 Å². The van der Waals surface area contributed by atoms with E-state index in [4.69, 9.17) is 0 Å². The van der Waals surface area contributed by atoms with E-state index in [1.165, 1.54) is 47.2 Å². The van der Waals surface area contributed by atoms with Crippen molar-refractivity contribution in [3.63, 3.8) is 0 Å². The number of urea groups is 1. The minimum absolute atomic E-state index is 0.00822. The van der Waals surface area contributed by atoms with Gasteiger partial charge >= 0.3 is 11.7 Å². The van der Waals surface area contributed by atoms with Crippen LogP contribution in [0.15, 0.2) is 82.8 Å². The highest BCUT2D eigenvalue weighted by molar-refractivity contribution is 7.22. The van der Waals surface area contributed by atoms with E-state index in [1.54, 1.807) is 30.3 Å². The lowest BCUT2D eigenvalue weighted by atomic mass is 10.1. The third kappa shape index (κ3) is 6.16. The summed E-state index contributed by atoms with van der Waals surface area (Å²) in [6.07, 6.45) is 4.40. The highest BCUT2D eigenvalue weighted by Crippen LogP contribution is 2.38. The quantitative estimate of drug-likeness (QED) is 0.223. The number of rotatable bonds is 9. The van der Waals surface area contributed by atoms with Crippen LogP contribution in [0, 0.1) is 11.6 Å². The Morgan fingerprint density at radius 2 is 1.68 bits per heavy atom. The van der Waals surface area contributed by atoms with Crippen molar-refractivity contribution < 1.29 is 18.4 Å². The zero-order valence-corrected chi connectivity index (χ0v) is 26.1. The summed E-state index contributed by atoms with van der Waals surface area (Å²) in [7, 11) is 4.98. The maximum absolute atomic E-state index is 15.0. The van der Waals surface area contributed by atoms with Gasteiger partial charge < -0.3 is 10.2 Å². The normalized spacial score (nSPS) is 11.4. The highest BCUT2D eigenvalue weighted by Gasteiger charge is 2.25. The molecule has 0 bridgehead atoms. The van der Waals surface area contributed by atoms with E-state index < -0.39 is 35.5 Å². The Morgan fingerprint density at radius 1 is 0.979 bits per heavy atom. The number of benzene rings is 2. The van der Waals surface area contributed by atoms with Crippen LogP contribution in [0.25, 0.3) is 32.2 Å². The first-order chi connectivity index (χ1) is 22.7. The smallest absolute Gasteiger partial charge is 0.306 e. The number of nitrogens with zero attached hydrogens (tertiary/aromatic N) is 7. The van der Waals surface area contributed by atoms with Gasteiger partial charge in [0.1, 0.15) is 28.0 Å². The number of hydrogen-bond donors (Lipinski definition) is 2. The summed E-state index contributed by atoms with van der Waals surface area (Å²) < 4.78 is 32.0. The molecule has 0 unspecified atom stereocenters. The molecule has 240 valence electrons. The highest BCUT2D eigenvalue weighted by atomic mass is 32.1. The summed E-state index contributed by atoms with van der Waals surface area (Å²) in [4.78, 5) is 53.5. The molecule has 6 rings (SSSR count). The van der Waals surface area contributed by atoms with Gasteiger partial charge in [-0.3, -0.25) is 14.2 Å². The summed E-state index contributed by atoms with van der Waals surface area (Å²) in [6, 6.07) is 12.8. The van der Waals surface area contributed by atoms with Crippen molar-refractivity contribution in [3.05, 3.63) is 117 Å². The third-order valence-electron chi connectivity index (χ3n) is 7.14. The molecule has 2 amide bonds. The van der Waals surface area contributed by atoms with Crippen molar-refractivity contribution >= 4 is 33.3 Å². The average Bonchev–Trinajstić information content (AvgIpc) is 3.71. The second kappa shape index (κ2) is 13.0. The van der Waals surface area contributed by atoms with Crippen molar-refractivity contribution in [3.8, 4) is 21.9 Å². The number of carbonyl (C=O) groups excluding carboxylic acids is 1. The Balaban J connectivity index is 1.59. The monoisotopic (exact) mass is 659 g/mol. The van der Waals surface area contributed by atoms with E-state index in [1.807, 2.05) is 19.0 Å². The van der Waals surface area contributed by atoms with Crippen LogP contribution in [-0.2, 0) is 17.9 Å². The fraction of sp³-hybridized carbons (Fsp3) is 0.161. The first-order valence-electron chi connectivity index (χ1n) is 14.1. The number of halogens is 2. The van der Waals surface area contributed by atoms with Crippen LogP contribution in [0.3, 0.4) is 0 Å². The van der Waals surface area contributed by atoms with Crippen LogP contribution >= 0.6 is 11.3 Å². The van der Waals surface area contributed by atoms with Crippen LogP contribution < -0.4 is 22.0 Å². The molecule has 16 heteroatoms. The summed E-state index contributed by atoms with van der Waals surface area (Å²) in [5.74, 6) is -1.65. The summed E-state index contributed by atoms with van der Waals surface area (Å²) in [5, 5.41) is 11.0. The van der Waals surface area contributed by atoms with E-state index in [-0.39, 0.29) is 21.6 Å². The van der Waals surface area contributed by atoms with Crippen LogP contribution in [0.2, 0.25) is 0 Å². The minimum Gasteiger partial charge on any atom is -0.306 e. The first kappa shape index (κ1) is 31.4. The van der Waals surface area contributed by atoms with Crippen LogP contribution in [-0.4, -0.2) is 61.2 Å². The molecule has 0 spiro atoms. The number of carbonyl (C=O) groups is 1. The van der Waals surface area contributed by atoms with Gasteiger partial charge in [0, 0.05) is 22.7 Å². The van der Waals surface area contributed by atoms with Gasteiger partial charge in [-0.15, -0.1) is 11.3 Å². The van der Waals surface area contributed by atoms with E-state index in [0.717, 1.165) is 28.0 Å². The molecule has 6 aromatic rings. The molecule has 4 aromatic heterocycles. The zero-order valence-electron chi connectivity index (χ0n) is 25.3. The van der Waals surface area contributed by atoms with Crippen molar-refractivity contribution in [2.75, 3.05) is 26.5 Å². The number of amides is 2. The molecule has 4 heterocycles. The van der Waals surface area contributed by atoms with E-state index >= 15 is 0 Å². The maximum Gasteiger partial charge on any atom is 0.343 e. The topological polar surface area (TPSA) is 141 Å². The Hall–Kier alpha value is -5.58. The maximum atomic E-state index is 15.0. The summed E-state index contributed by atoms with van der Waals surface area (Å²) in [5.41, 5.74) is 2.65. The van der Waals surface area contributed by atoms with E-state index in [0.29, 0.717) is 33.9 Å². The number of anilines is 1. The fourth-order valence-electron chi connectivity index (χ4n) is 5.08. The lowest BCUT2D eigenvalue weighted by Crippen LogP contribution is -2.39. The second-order valence-corrected chi connectivity index (χ2v) is 11.6. The van der Waals surface area contributed by atoms with Gasteiger partial charge in [0.05, 0.1) is 37.6 Å². The number of hydroxylamine groups is 1. The number of fused-ring (bicyclic) bond motifs is 1. The van der Waals surface area contributed by atoms with Crippen molar-refractivity contribution in [1.29, 1.82) is 0 Å². The van der Waals surface area contributed by atoms with Crippen LogP contribution in [0.1, 0.15) is 11.1 Å². The molecule has 2 N–H and O–H groups in total. The minimum atomic E-state index is -0.831. The number of thiophene rings is 1. The van der Waals surface area contributed by atoms with Gasteiger partial charge in [0.15, 0.2) is 0 Å². The van der Waals surface area contributed by atoms with Gasteiger partial charge in [-0.05, 0) is 61.6 Å². The van der Waals surface area contributed by atoms with Gasteiger partial charge in [0.2, 0.25) is 0 Å². The van der Waals surface area contributed by atoms with E-state index in [9.17, 15) is 23.2 Å². The Morgan fingerprint density at radius 3 is 2.30 bits per heavy atom. The largest absolute Gasteiger partial charge is 0.343 e. The standard InChI is InChI=1S/C31H27F2N9O4S/c1-39(2)16-22-26-28(43)41(25-12-11-20(15-34-25)42-35-13-14-36-42)31(45)40(17-21-23(32)5-4-6-24(21)33)29(26)47-27(22)18-7-9-19(10-8-18)37-30(44)38-46-3/h4-15H,16-17H2,1-3H3,(H2,37,38,44). The van der Waals surface area contributed by atoms with Gasteiger partial charge in [0.25, 0.3) is 5.56 Å². The first-order valence-corrected chi connectivity index (χ1v) is 14.9. The molecule has 0 aliphatic rings. The molecule has 0 fully saturated rings. The average molecular weight is 660 g/mol. The van der Waals surface area contributed by atoms with Crippen molar-refractivity contribution in [2.24, 2.45) is 0 Å². The number of aromatic nitrogens is 6. The SMILES string of the molecule is CONC(=O)Nc1ccc(-c2sc3c(c2CN(C)C)c(=O)n(-c2ccc(-n4nccn4)cn2)c(=O)n3Cc2c(F)cccc2F)cc1. The Kier molecular flexibility index (Phi) is 8.71. The zero-order chi connectivity index (χ0) is 33.2. The van der Waals surface area contributed by atoms with Gasteiger partial charge in [-0.2, -0.15) is 15.0 Å². The lowest BCUT2D eigenvalue weighted by Gasteiger charge is -2.14. The number of hydrogen-bond acceptors (Lipinski definition) is 9. The van der Waals surface area contributed by atoms with Crippen LogP contribution in [0.5, 0.6) is 0 Å². The molecule has 0 radical (unpaired) electrons. The Bertz CT molecular complexity index is 2170. The summed E-state index contributed by atoms with van der Waals surface area (Å²) in [6.45, 7) is -0.188. The molecular weight excluding hydrogens is 632 g/mol. The second-order valence-electron chi connectivity index (χ2n) is 10.6. The van der Waals surface area contributed by atoms with Gasteiger partial charge in [-0.1, -0.05) is 18.2 Å². The molecule has 0 aliphatic heterocycles. The number of pyridine rings is 1. The Labute approximate surface area is 269 Å². The predicted molar refractivity (Wildman–Crippen MR) is 172 cm³/mol. The molecule has 2 aromatic carbocycles. The predicted octanol–water partition coefficient (Wildman–Crippen LogP) is 3.93. The third-order valence-corrected chi connectivity index (χ3v) is 8.44. The molecule has 0 saturated carbocycles. The fourth-order valence-corrected chi connectivity index (χ4v) is 6.39. The van der Waals surface area contributed by atoms with Gasteiger partial charge in [-0.25, -0.2) is 33.4 Å². The van der Waals surface area contributed by atoms with Crippen LogP contribution in [0.4, 0.5) is 19.3 Å². The van der Waals surface area contributed by atoms with E-state index in [2.05, 4.69) is 30.8 Å². The molecule has 0 aliphatic carbocycles. The molecule has 13 nitrogen and oxygen atoms in total. The molecule has 0 atom stereocenters. The molecule has 0 saturated heterocycles. The lowest BCUT2D eigenvalue weighted by molar-refractivity contribution is 0.114. The van der Waals surface area contributed by atoms with Crippen molar-refractivity contribution in [1.82, 2.24) is 39.5 Å². The molecular formula is C31H27F2N9O4S.